The van der Waals surface area contributed by atoms with Gasteiger partial charge in [0.05, 0.1) is 17.4 Å². The molecule has 3 heteroatoms. The maximum atomic E-state index is 4.18. The van der Waals surface area contributed by atoms with Crippen LogP contribution in [0.3, 0.4) is 0 Å². The van der Waals surface area contributed by atoms with Crippen LogP contribution < -0.4 is 0 Å². The van der Waals surface area contributed by atoms with Gasteiger partial charge >= 0.3 is 34.6 Å². The molecule has 1 aromatic heterocycles. The number of aromatic nitrogens is 2. The molecule has 0 bridgehead atoms. The summed E-state index contributed by atoms with van der Waals surface area (Å²) in [5, 5.41) is 0. The van der Waals surface area contributed by atoms with Gasteiger partial charge in [-0.2, -0.15) is 0 Å². The number of aryl methyl sites for hydroxylation is 1. The van der Waals surface area contributed by atoms with Crippen LogP contribution in [0.4, 0.5) is 0 Å². The van der Waals surface area contributed by atoms with Gasteiger partial charge in [0.25, 0.3) is 0 Å². The number of imidazole rings is 1. The third kappa shape index (κ3) is 3.33. The van der Waals surface area contributed by atoms with Gasteiger partial charge in [-0.05, 0) is 12.1 Å². The van der Waals surface area contributed by atoms with E-state index in [1.807, 2.05) is 36.1 Å². The fraction of sp³-hybridized carbons (Fsp3) is 0.364. The van der Waals surface area contributed by atoms with Crippen molar-refractivity contribution >= 4 is 30.8 Å². The molecule has 0 aliphatic carbocycles. The standard InChI is InChI=1S/C8H8N2.3CH3.Sn.H/c1-10-6-9-7-4-2-3-5-8(7)10;;;;;/h2-6H,1H3;3*1H3;;. The van der Waals surface area contributed by atoms with E-state index in [2.05, 4.69) is 25.9 Å². The molecule has 0 unspecified atom stereocenters. The van der Waals surface area contributed by atoms with Crippen molar-refractivity contribution < 1.29 is 0 Å². The zero-order chi connectivity index (χ0) is 10.6. The molecule has 0 N–H and O–H groups in total. The van der Waals surface area contributed by atoms with Gasteiger partial charge in [-0.3, -0.25) is 0 Å². The Hall–Kier alpha value is -0.511. The zero-order valence-electron chi connectivity index (χ0n) is 9.36. The monoisotopic (exact) mass is 298 g/mol. The van der Waals surface area contributed by atoms with E-state index in [1.165, 1.54) is 5.52 Å². The summed E-state index contributed by atoms with van der Waals surface area (Å²) in [4.78, 5) is 11.3. The van der Waals surface area contributed by atoms with Gasteiger partial charge in [-0.1, -0.05) is 12.1 Å². The first kappa shape index (κ1) is 11.6. The molecule has 0 aliphatic rings. The van der Waals surface area contributed by atoms with E-state index in [9.17, 15) is 0 Å². The number of benzene rings is 1. The van der Waals surface area contributed by atoms with Crippen molar-refractivity contribution in [2.75, 3.05) is 0 Å². The fourth-order valence-electron chi connectivity index (χ4n) is 1.08. The maximum absolute atomic E-state index is 4.18. The van der Waals surface area contributed by atoms with Crippen molar-refractivity contribution in [2.24, 2.45) is 7.05 Å². The Bertz CT molecular complexity index is 390. The third-order valence-electron chi connectivity index (χ3n) is 1.63. The quantitative estimate of drug-likeness (QED) is 0.684. The average Bonchev–Trinajstić information content (AvgIpc) is 2.48. The van der Waals surface area contributed by atoms with E-state index < -0.39 is 19.8 Å². The van der Waals surface area contributed by atoms with E-state index in [1.54, 1.807) is 0 Å². The third-order valence-corrected chi connectivity index (χ3v) is 1.63. The van der Waals surface area contributed by atoms with E-state index >= 15 is 0 Å². The molecule has 0 fully saturated rings. The summed E-state index contributed by atoms with van der Waals surface area (Å²) in [7, 11) is 2.00. The Morgan fingerprint density at radius 3 is 2.29 bits per heavy atom. The predicted octanol–water partition coefficient (Wildman–Crippen LogP) is 2.68. The Balaban J connectivity index is 0.000000213. The van der Waals surface area contributed by atoms with Crippen LogP contribution in [0.15, 0.2) is 30.6 Å². The summed E-state index contributed by atoms with van der Waals surface area (Å²) in [5.41, 5.74) is 2.24. The second-order valence-corrected chi connectivity index (χ2v) is 14.0. The van der Waals surface area contributed by atoms with Crippen molar-refractivity contribution in [2.45, 2.75) is 14.8 Å². The molecule has 2 rings (SSSR count). The van der Waals surface area contributed by atoms with E-state index in [-0.39, 0.29) is 0 Å². The SMILES string of the molecule is Cn1cnc2ccccc21.[CH3][SnH]([CH3])[CH3]. The average molecular weight is 297 g/mol. The second kappa shape index (κ2) is 5.39. The van der Waals surface area contributed by atoms with Gasteiger partial charge in [-0.15, -0.1) is 0 Å². The van der Waals surface area contributed by atoms with Gasteiger partial charge in [0.1, 0.15) is 0 Å². The number of fused-ring (bicyclic) bond motifs is 1. The van der Waals surface area contributed by atoms with Crippen LogP contribution in [0.2, 0.25) is 14.8 Å². The van der Waals surface area contributed by atoms with Crippen LogP contribution in [0.1, 0.15) is 0 Å². The first-order valence-electron chi connectivity index (χ1n) is 4.97. The summed E-state index contributed by atoms with van der Waals surface area (Å²) < 4.78 is 2.01. The summed E-state index contributed by atoms with van der Waals surface area (Å²) >= 11 is -0.637. The molecule has 0 aliphatic heterocycles. The number of rotatable bonds is 0. The first-order chi connectivity index (χ1) is 6.61. The summed E-state index contributed by atoms with van der Waals surface area (Å²) in [5.74, 6) is 0. The molecule has 0 saturated carbocycles. The van der Waals surface area contributed by atoms with Gasteiger partial charge in [0.2, 0.25) is 0 Å². The number of nitrogens with zero attached hydrogens (tertiary/aromatic N) is 2. The van der Waals surface area contributed by atoms with Gasteiger partial charge in [-0.25, -0.2) is 4.98 Å². The van der Waals surface area contributed by atoms with Crippen LogP contribution in [0, 0.1) is 0 Å². The van der Waals surface area contributed by atoms with Gasteiger partial charge < -0.3 is 4.57 Å². The van der Waals surface area contributed by atoms with Gasteiger partial charge in [0.15, 0.2) is 0 Å². The van der Waals surface area contributed by atoms with Crippen molar-refractivity contribution in [1.82, 2.24) is 9.55 Å². The minimum absolute atomic E-state index is 0.637. The number of hydrogen-bond acceptors (Lipinski definition) is 1. The Morgan fingerprint density at radius 1 is 1.14 bits per heavy atom. The minimum atomic E-state index is -0.637. The van der Waals surface area contributed by atoms with Crippen molar-refractivity contribution in [3.05, 3.63) is 30.6 Å². The van der Waals surface area contributed by atoms with Crippen LogP contribution in [-0.2, 0) is 7.05 Å². The fourth-order valence-corrected chi connectivity index (χ4v) is 1.08. The van der Waals surface area contributed by atoms with Crippen LogP contribution in [-0.4, -0.2) is 29.3 Å². The molecule has 2 aromatic rings. The number of para-hydroxylation sites is 2. The van der Waals surface area contributed by atoms with Crippen LogP contribution in [0.25, 0.3) is 11.0 Å². The molecule has 0 atom stereocenters. The number of hydrogen-bond donors (Lipinski definition) is 0. The molecular weight excluding hydrogens is 279 g/mol. The zero-order valence-corrected chi connectivity index (χ0v) is 12.7. The molecule has 0 saturated heterocycles. The second-order valence-electron chi connectivity index (χ2n) is 4.08. The van der Waals surface area contributed by atoms with Crippen LogP contribution >= 0.6 is 0 Å². The Morgan fingerprint density at radius 2 is 1.71 bits per heavy atom. The normalized spacial score (nSPS) is 10.1. The summed E-state index contributed by atoms with van der Waals surface area (Å²) in [6.45, 7) is 0. The molecule has 1 heterocycles. The van der Waals surface area contributed by atoms with E-state index in [0.29, 0.717) is 0 Å². The van der Waals surface area contributed by atoms with Crippen molar-refractivity contribution in [3.63, 3.8) is 0 Å². The first-order valence-corrected chi connectivity index (χ1v) is 14.9. The molecule has 2 nitrogen and oxygen atoms in total. The van der Waals surface area contributed by atoms with E-state index in [0.717, 1.165) is 5.52 Å². The van der Waals surface area contributed by atoms with Crippen LogP contribution in [0.5, 0.6) is 0 Å². The molecule has 0 spiro atoms. The molecule has 1 aromatic carbocycles. The van der Waals surface area contributed by atoms with E-state index in [4.69, 9.17) is 0 Å². The summed E-state index contributed by atoms with van der Waals surface area (Å²) in [6.07, 6.45) is 1.82. The Labute approximate surface area is 92.7 Å². The Kier molecular flexibility index (Phi) is 4.45. The molecule has 0 radical (unpaired) electrons. The molecule has 14 heavy (non-hydrogen) atoms. The van der Waals surface area contributed by atoms with Crippen molar-refractivity contribution in [3.8, 4) is 0 Å². The predicted molar refractivity (Wildman–Crippen MR) is 65.5 cm³/mol. The molecular formula is C11H18N2Sn. The topological polar surface area (TPSA) is 17.8 Å². The van der Waals surface area contributed by atoms with Crippen molar-refractivity contribution in [1.29, 1.82) is 0 Å². The molecule has 0 amide bonds. The summed E-state index contributed by atoms with van der Waals surface area (Å²) in [6, 6.07) is 8.08. The van der Waals surface area contributed by atoms with Gasteiger partial charge in [0, 0.05) is 7.05 Å². The molecule has 76 valence electrons.